The predicted molar refractivity (Wildman–Crippen MR) is 107 cm³/mol. The SMILES string of the molecule is Bc1ccc(OCC(C)COc2ccc(C(C)CC(=O)O)cc2)cc1Cl. The third kappa shape index (κ3) is 6.30. The maximum absolute atomic E-state index is 10.8. The van der Waals surface area contributed by atoms with Crippen LogP contribution in [0.2, 0.25) is 5.02 Å². The fourth-order valence-electron chi connectivity index (χ4n) is 2.46. The van der Waals surface area contributed by atoms with E-state index in [0.29, 0.717) is 18.2 Å². The van der Waals surface area contributed by atoms with Gasteiger partial charge >= 0.3 is 5.97 Å². The summed E-state index contributed by atoms with van der Waals surface area (Å²) in [5.41, 5.74) is 2.02. The molecule has 26 heavy (non-hydrogen) atoms. The van der Waals surface area contributed by atoms with Gasteiger partial charge in [0.15, 0.2) is 0 Å². The van der Waals surface area contributed by atoms with Crippen LogP contribution in [0.5, 0.6) is 11.5 Å². The van der Waals surface area contributed by atoms with Crippen LogP contribution in [0.4, 0.5) is 0 Å². The molecule has 2 aromatic rings. The molecular formula is C20H24BClO4. The van der Waals surface area contributed by atoms with Crippen LogP contribution in [0, 0.1) is 5.92 Å². The van der Waals surface area contributed by atoms with Crippen molar-refractivity contribution >= 4 is 30.9 Å². The standard InChI is InChI=1S/C20H24BClO4/c1-13(12-26-17-7-8-18(21)19(22)10-17)11-25-16-5-3-15(4-6-16)14(2)9-20(23)24/h3-8,10,13-14H,9,11-12,21H2,1-2H3,(H,23,24). The largest absolute Gasteiger partial charge is 0.493 e. The molecule has 6 heteroatoms. The van der Waals surface area contributed by atoms with Crippen molar-refractivity contribution in [2.45, 2.75) is 26.2 Å². The Balaban J connectivity index is 1.78. The van der Waals surface area contributed by atoms with Gasteiger partial charge < -0.3 is 14.6 Å². The normalized spacial score (nSPS) is 13.0. The fourth-order valence-corrected chi connectivity index (χ4v) is 2.63. The molecule has 0 amide bonds. The number of carboxylic acids is 1. The molecule has 4 nitrogen and oxygen atoms in total. The highest BCUT2D eigenvalue weighted by molar-refractivity contribution is 6.45. The van der Waals surface area contributed by atoms with Gasteiger partial charge in [-0.3, -0.25) is 4.79 Å². The van der Waals surface area contributed by atoms with Crippen molar-refractivity contribution in [1.82, 2.24) is 0 Å². The highest BCUT2D eigenvalue weighted by atomic mass is 35.5. The lowest BCUT2D eigenvalue weighted by atomic mass is 9.96. The molecule has 0 spiro atoms. The van der Waals surface area contributed by atoms with Crippen molar-refractivity contribution in [3.05, 3.63) is 53.1 Å². The predicted octanol–water partition coefficient (Wildman–Crippen LogP) is 3.27. The van der Waals surface area contributed by atoms with E-state index in [1.54, 1.807) is 0 Å². The molecule has 0 aliphatic rings. The molecule has 0 heterocycles. The second-order valence-corrected chi connectivity index (χ2v) is 7.11. The molecule has 2 rings (SSSR count). The van der Waals surface area contributed by atoms with Gasteiger partial charge in [-0.1, -0.05) is 49.1 Å². The van der Waals surface area contributed by atoms with E-state index in [2.05, 4.69) is 6.92 Å². The van der Waals surface area contributed by atoms with Crippen molar-refractivity contribution in [3.63, 3.8) is 0 Å². The van der Waals surface area contributed by atoms with Crippen LogP contribution in [0.25, 0.3) is 0 Å². The summed E-state index contributed by atoms with van der Waals surface area (Å²) in [5.74, 6) is 0.920. The van der Waals surface area contributed by atoms with Crippen molar-refractivity contribution in [2.75, 3.05) is 13.2 Å². The van der Waals surface area contributed by atoms with Gasteiger partial charge in [0, 0.05) is 10.9 Å². The molecule has 2 unspecified atom stereocenters. The quantitative estimate of drug-likeness (QED) is 0.684. The molecule has 0 aromatic heterocycles. The van der Waals surface area contributed by atoms with Crippen molar-refractivity contribution in [3.8, 4) is 11.5 Å². The van der Waals surface area contributed by atoms with Gasteiger partial charge in [0.2, 0.25) is 0 Å². The monoisotopic (exact) mass is 374 g/mol. The van der Waals surface area contributed by atoms with Crippen LogP contribution in [0.1, 0.15) is 31.7 Å². The van der Waals surface area contributed by atoms with Gasteiger partial charge in [0.1, 0.15) is 19.3 Å². The Labute approximate surface area is 160 Å². The molecular weight excluding hydrogens is 350 g/mol. The van der Waals surface area contributed by atoms with Gasteiger partial charge in [-0.15, -0.1) is 0 Å². The molecule has 0 bridgehead atoms. The van der Waals surface area contributed by atoms with Crippen LogP contribution < -0.4 is 14.9 Å². The van der Waals surface area contributed by atoms with E-state index in [4.69, 9.17) is 26.2 Å². The summed E-state index contributed by atoms with van der Waals surface area (Å²) < 4.78 is 11.6. The van der Waals surface area contributed by atoms with E-state index < -0.39 is 5.97 Å². The average molecular weight is 375 g/mol. The lowest BCUT2D eigenvalue weighted by Gasteiger charge is -2.15. The van der Waals surface area contributed by atoms with E-state index in [9.17, 15) is 4.79 Å². The van der Waals surface area contributed by atoms with Crippen LogP contribution >= 0.6 is 11.6 Å². The van der Waals surface area contributed by atoms with E-state index in [-0.39, 0.29) is 18.3 Å². The molecule has 0 radical (unpaired) electrons. The summed E-state index contributed by atoms with van der Waals surface area (Å²) in [6.07, 6.45) is 0.123. The van der Waals surface area contributed by atoms with Crippen molar-refractivity contribution in [2.24, 2.45) is 5.92 Å². The lowest BCUT2D eigenvalue weighted by molar-refractivity contribution is -0.137. The van der Waals surface area contributed by atoms with Crippen LogP contribution in [0.15, 0.2) is 42.5 Å². The first-order chi connectivity index (χ1) is 12.3. The number of hydrogen-bond donors (Lipinski definition) is 1. The van der Waals surface area contributed by atoms with Gasteiger partial charge in [-0.25, -0.2) is 0 Å². The summed E-state index contributed by atoms with van der Waals surface area (Å²) in [6.45, 7) is 5.02. The first kappa shape index (κ1) is 20.2. The third-order valence-electron chi connectivity index (χ3n) is 4.14. The molecule has 138 valence electrons. The Morgan fingerprint density at radius 1 is 1.08 bits per heavy atom. The van der Waals surface area contributed by atoms with Crippen LogP contribution in [-0.4, -0.2) is 32.1 Å². The first-order valence-corrected chi connectivity index (χ1v) is 9.06. The van der Waals surface area contributed by atoms with E-state index in [0.717, 1.165) is 22.5 Å². The third-order valence-corrected chi connectivity index (χ3v) is 4.55. The Kier molecular flexibility index (Phi) is 7.40. The highest BCUT2D eigenvalue weighted by Crippen LogP contribution is 2.22. The fraction of sp³-hybridized carbons (Fsp3) is 0.350. The summed E-state index contributed by atoms with van der Waals surface area (Å²) in [5, 5.41) is 9.56. The average Bonchev–Trinajstić information content (AvgIpc) is 2.60. The Bertz CT molecular complexity index is 733. The Hall–Kier alpha value is -2.14. The number of hydrogen-bond acceptors (Lipinski definition) is 3. The molecule has 0 fully saturated rings. The van der Waals surface area contributed by atoms with Gasteiger partial charge in [-0.05, 0) is 35.7 Å². The second kappa shape index (κ2) is 9.53. The van der Waals surface area contributed by atoms with Crippen molar-refractivity contribution in [1.29, 1.82) is 0 Å². The molecule has 0 saturated heterocycles. The summed E-state index contributed by atoms with van der Waals surface area (Å²) in [7, 11) is 1.95. The minimum Gasteiger partial charge on any atom is -0.493 e. The topological polar surface area (TPSA) is 55.8 Å². The minimum atomic E-state index is -0.790. The zero-order chi connectivity index (χ0) is 19.1. The molecule has 2 atom stereocenters. The summed E-state index contributed by atoms with van der Waals surface area (Å²) >= 11 is 6.10. The first-order valence-electron chi connectivity index (χ1n) is 8.68. The zero-order valence-corrected chi connectivity index (χ0v) is 16.1. The number of carbonyl (C=O) groups is 1. The lowest BCUT2D eigenvalue weighted by Crippen LogP contribution is -2.17. The number of rotatable bonds is 9. The second-order valence-electron chi connectivity index (χ2n) is 6.71. The van der Waals surface area contributed by atoms with Crippen molar-refractivity contribution < 1.29 is 19.4 Å². The van der Waals surface area contributed by atoms with Crippen LogP contribution in [-0.2, 0) is 4.79 Å². The number of ether oxygens (including phenoxy) is 2. The summed E-state index contributed by atoms with van der Waals surface area (Å²) in [6, 6.07) is 13.2. The van der Waals surface area contributed by atoms with E-state index in [1.165, 1.54) is 0 Å². The number of benzene rings is 2. The number of carboxylic acid groups (broad SMARTS) is 1. The Morgan fingerprint density at radius 3 is 2.23 bits per heavy atom. The molecule has 0 aliphatic carbocycles. The zero-order valence-electron chi connectivity index (χ0n) is 15.4. The number of aliphatic carboxylic acids is 1. The molecule has 0 aliphatic heterocycles. The van der Waals surface area contributed by atoms with Gasteiger partial charge in [0.25, 0.3) is 0 Å². The maximum atomic E-state index is 10.8. The molecule has 0 saturated carbocycles. The van der Waals surface area contributed by atoms with E-state index >= 15 is 0 Å². The highest BCUT2D eigenvalue weighted by Gasteiger charge is 2.11. The molecule has 2 aromatic carbocycles. The van der Waals surface area contributed by atoms with Gasteiger partial charge in [0.05, 0.1) is 19.6 Å². The summed E-state index contributed by atoms with van der Waals surface area (Å²) in [4.78, 5) is 10.8. The maximum Gasteiger partial charge on any atom is 0.303 e. The molecule has 1 N–H and O–H groups in total. The number of halogens is 1. The Morgan fingerprint density at radius 2 is 1.65 bits per heavy atom. The van der Waals surface area contributed by atoms with Gasteiger partial charge in [-0.2, -0.15) is 0 Å². The van der Waals surface area contributed by atoms with Crippen LogP contribution in [0.3, 0.4) is 0 Å². The van der Waals surface area contributed by atoms with E-state index in [1.807, 2.05) is 57.2 Å². The smallest absolute Gasteiger partial charge is 0.303 e. The minimum absolute atomic E-state index is 0.0183.